The number of benzene rings is 1. The van der Waals surface area contributed by atoms with Crippen molar-refractivity contribution in [2.75, 3.05) is 13.1 Å². The molecule has 0 aliphatic heterocycles. The number of nitrogens with one attached hydrogen (secondary N) is 2. The van der Waals surface area contributed by atoms with E-state index in [0.717, 1.165) is 19.4 Å². The number of aliphatic imine (C=N–C) groups is 1. The largest absolute Gasteiger partial charge is 0.355 e. The third-order valence-electron chi connectivity index (χ3n) is 2.56. The summed E-state index contributed by atoms with van der Waals surface area (Å²) in [5.74, 6) is 5.73. The molecule has 1 rings (SSSR count). The van der Waals surface area contributed by atoms with Crippen LogP contribution in [0.4, 0.5) is 4.39 Å². The van der Waals surface area contributed by atoms with Crippen LogP contribution in [0.25, 0.3) is 0 Å². The number of guanidine groups is 1. The Morgan fingerprint density at radius 3 is 2.83 bits per heavy atom. The number of halogens is 1. The first kappa shape index (κ1) is 14.4. The lowest BCUT2D eigenvalue weighted by Gasteiger charge is -2.09. The van der Waals surface area contributed by atoms with Crippen molar-refractivity contribution < 1.29 is 4.39 Å². The minimum absolute atomic E-state index is 0.176. The summed E-state index contributed by atoms with van der Waals surface area (Å²) in [4.78, 5) is 4.26. The van der Waals surface area contributed by atoms with Crippen LogP contribution >= 0.6 is 0 Å². The Morgan fingerprint density at radius 1 is 1.39 bits per heavy atom. The number of hydrazine groups is 1. The van der Waals surface area contributed by atoms with Crippen LogP contribution in [0.15, 0.2) is 29.3 Å². The van der Waals surface area contributed by atoms with Crippen molar-refractivity contribution in [3.8, 4) is 0 Å². The highest BCUT2D eigenvalue weighted by molar-refractivity contribution is 5.79. The van der Waals surface area contributed by atoms with Gasteiger partial charge in [-0.1, -0.05) is 31.5 Å². The predicted octanol–water partition coefficient (Wildman–Crippen LogP) is 1.58. The van der Waals surface area contributed by atoms with Crippen LogP contribution in [0, 0.1) is 5.82 Å². The maximum absolute atomic E-state index is 13.3. The van der Waals surface area contributed by atoms with Gasteiger partial charge in [0.1, 0.15) is 5.82 Å². The van der Waals surface area contributed by atoms with Crippen LogP contribution in [0.2, 0.25) is 0 Å². The predicted molar refractivity (Wildman–Crippen MR) is 72.6 cm³/mol. The summed E-state index contributed by atoms with van der Waals surface area (Å²) in [7, 11) is 0. The van der Waals surface area contributed by atoms with E-state index in [1.54, 1.807) is 12.1 Å². The third-order valence-corrected chi connectivity index (χ3v) is 2.56. The molecular weight excluding hydrogens is 231 g/mol. The van der Waals surface area contributed by atoms with E-state index in [9.17, 15) is 4.39 Å². The van der Waals surface area contributed by atoms with Crippen LogP contribution in [0.3, 0.4) is 0 Å². The van der Waals surface area contributed by atoms with Gasteiger partial charge >= 0.3 is 0 Å². The fourth-order valence-electron chi connectivity index (χ4n) is 1.52. The molecule has 0 amide bonds. The molecule has 0 aromatic heterocycles. The van der Waals surface area contributed by atoms with Crippen molar-refractivity contribution in [2.45, 2.75) is 26.2 Å². The number of nitrogens with zero attached hydrogens (tertiary/aromatic N) is 1. The lowest BCUT2D eigenvalue weighted by atomic mass is 10.1. The Bertz CT molecular complexity index is 379. The second kappa shape index (κ2) is 8.47. The third kappa shape index (κ3) is 5.14. The quantitative estimate of drug-likeness (QED) is 0.237. The highest BCUT2D eigenvalue weighted by atomic mass is 19.1. The van der Waals surface area contributed by atoms with E-state index in [-0.39, 0.29) is 5.82 Å². The van der Waals surface area contributed by atoms with Crippen molar-refractivity contribution in [1.82, 2.24) is 10.7 Å². The van der Waals surface area contributed by atoms with Gasteiger partial charge in [0.15, 0.2) is 0 Å². The molecule has 4 N–H and O–H groups in total. The zero-order chi connectivity index (χ0) is 13.2. The molecule has 0 atom stereocenters. The number of hydrogen-bond acceptors (Lipinski definition) is 2. The number of unbranched alkanes of at least 4 members (excludes halogenated alkanes) is 1. The highest BCUT2D eigenvalue weighted by Crippen LogP contribution is 2.05. The van der Waals surface area contributed by atoms with Gasteiger partial charge in [0.05, 0.1) is 0 Å². The maximum Gasteiger partial charge on any atom is 0.205 e. The van der Waals surface area contributed by atoms with Crippen molar-refractivity contribution in [3.63, 3.8) is 0 Å². The fourth-order valence-corrected chi connectivity index (χ4v) is 1.52. The van der Waals surface area contributed by atoms with Gasteiger partial charge in [0.25, 0.3) is 0 Å². The first-order valence-electron chi connectivity index (χ1n) is 6.26. The molecule has 0 spiro atoms. The highest BCUT2D eigenvalue weighted by Gasteiger charge is 2.01. The summed E-state index contributed by atoms with van der Waals surface area (Å²) >= 11 is 0. The van der Waals surface area contributed by atoms with Crippen LogP contribution in [0.5, 0.6) is 0 Å². The standard InChI is InChI=1S/C13H21FN4/c1-2-3-9-16-13(18-15)17-10-8-11-6-4-5-7-12(11)14/h4-7H,2-3,8-10,15H2,1H3,(H2,16,17,18). The van der Waals surface area contributed by atoms with Gasteiger partial charge in [-0.25, -0.2) is 10.2 Å². The Hall–Kier alpha value is -1.62. The van der Waals surface area contributed by atoms with E-state index in [1.807, 2.05) is 6.07 Å². The molecule has 0 saturated heterocycles. The molecule has 0 saturated carbocycles. The van der Waals surface area contributed by atoms with E-state index < -0.39 is 0 Å². The molecule has 5 heteroatoms. The monoisotopic (exact) mass is 252 g/mol. The minimum Gasteiger partial charge on any atom is -0.355 e. The zero-order valence-electron chi connectivity index (χ0n) is 10.7. The van der Waals surface area contributed by atoms with Crippen molar-refractivity contribution in [2.24, 2.45) is 10.8 Å². The van der Waals surface area contributed by atoms with Crippen molar-refractivity contribution in [3.05, 3.63) is 35.6 Å². The summed E-state index contributed by atoms with van der Waals surface area (Å²) in [6, 6.07) is 6.76. The van der Waals surface area contributed by atoms with Gasteiger partial charge in [0.2, 0.25) is 5.96 Å². The Balaban J connectivity index is 2.35. The molecule has 4 nitrogen and oxygen atoms in total. The first-order chi connectivity index (χ1) is 8.77. The van der Waals surface area contributed by atoms with Gasteiger partial charge in [-0.15, -0.1) is 0 Å². The summed E-state index contributed by atoms with van der Waals surface area (Å²) in [6.45, 7) is 3.44. The second-order valence-electron chi connectivity index (χ2n) is 4.00. The molecule has 1 aromatic carbocycles. The Morgan fingerprint density at radius 2 is 2.17 bits per heavy atom. The molecule has 0 bridgehead atoms. The van der Waals surface area contributed by atoms with Crippen LogP contribution in [0.1, 0.15) is 25.3 Å². The Labute approximate surface area is 107 Å². The van der Waals surface area contributed by atoms with E-state index in [4.69, 9.17) is 5.84 Å². The summed E-state index contributed by atoms with van der Waals surface area (Å²) in [6.07, 6.45) is 2.72. The van der Waals surface area contributed by atoms with Gasteiger partial charge in [-0.2, -0.15) is 0 Å². The Kier molecular flexibility index (Phi) is 6.79. The van der Waals surface area contributed by atoms with E-state index in [1.165, 1.54) is 6.07 Å². The molecular formula is C13H21FN4. The van der Waals surface area contributed by atoms with Crippen molar-refractivity contribution >= 4 is 5.96 Å². The SMILES string of the molecule is CCCCN=C(NN)NCCc1ccccc1F. The van der Waals surface area contributed by atoms with Crippen molar-refractivity contribution in [1.29, 1.82) is 0 Å². The average Bonchev–Trinajstić information content (AvgIpc) is 2.39. The molecule has 0 aliphatic rings. The van der Waals surface area contributed by atoms with Crippen LogP contribution in [-0.4, -0.2) is 19.0 Å². The van der Waals surface area contributed by atoms with Gasteiger partial charge in [0, 0.05) is 13.1 Å². The van der Waals surface area contributed by atoms with Gasteiger partial charge in [-0.05, 0) is 24.5 Å². The lowest BCUT2D eigenvalue weighted by Crippen LogP contribution is -2.42. The minimum atomic E-state index is -0.176. The topological polar surface area (TPSA) is 62.4 Å². The zero-order valence-corrected chi connectivity index (χ0v) is 10.7. The number of nitrogens with two attached hydrogens (primary N) is 1. The summed E-state index contributed by atoms with van der Waals surface area (Å²) < 4.78 is 13.3. The molecule has 0 heterocycles. The lowest BCUT2D eigenvalue weighted by molar-refractivity contribution is 0.606. The van der Waals surface area contributed by atoms with E-state index in [0.29, 0.717) is 24.5 Å². The van der Waals surface area contributed by atoms with E-state index >= 15 is 0 Å². The fraction of sp³-hybridized carbons (Fsp3) is 0.462. The molecule has 100 valence electrons. The van der Waals surface area contributed by atoms with Crippen LogP contribution < -0.4 is 16.6 Å². The van der Waals surface area contributed by atoms with Crippen LogP contribution in [-0.2, 0) is 6.42 Å². The molecule has 1 aromatic rings. The maximum atomic E-state index is 13.3. The molecule has 18 heavy (non-hydrogen) atoms. The molecule has 0 aliphatic carbocycles. The normalized spacial score (nSPS) is 11.4. The smallest absolute Gasteiger partial charge is 0.205 e. The second-order valence-corrected chi connectivity index (χ2v) is 4.00. The van der Waals surface area contributed by atoms with E-state index in [2.05, 4.69) is 22.7 Å². The molecule has 0 fully saturated rings. The summed E-state index contributed by atoms with van der Waals surface area (Å²) in [5.41, 5.74) is 3.20. The molecule has 0 unspecified atom stereocenters. The van der Waals surface area contributed by atoms with Gasteiger partial charge < -0.3 is 5.32 Å². The average molecular weight is 252 g/mol. The van der Waals surface area contributed by atoms with Gasteiger partial charge in [-0.3, -0.25) is 10.4 Å². The summed E-state index contributed by atoms with van der Waals surface area (Å²) in [5, 5.41) is 3.05. The number of hydrogen-bond donors (Lipinski definition) is 3. The first-order valence-corrected chi connectivity index (χ1v) is 6.26. The molecule has 0 radical (unpaired) electrons. The number of rotatable bonds is 6.